The van der Waals surface area contributed by atoms with Gasteiger partial charge in [-0.2, -0.15) is 4.31 Å². The summed E-state index contributed by atoms with van der Waals surface area (Å²) in [4.78, 5) is 2.12. The second kappa shape index (κ2) is 3.69. The van der Waals surface area contributed by atoms with Crippen molar-refractivity contribution in [2.24, 2.45) is 0 Å². The van der Waals surface area contributed by atoms with Crippen LogP contribution in [0.2, 0.25) is 0 Å². The van der Waals surface area contributed by atoms with Crippen LogP contribution in [0.4, 0.5) is 0 Å². The minimum absolute atomic E-state index is 0.234. The Labute approximate surface area is 90.7 Å². The van der Waals surface area contributed by atoms with E-state index in [2.05, 4.69) is 4.90 Å². The summed E-state index contributed by atoms with van der Waals surface area (Å²) in [5, 5.41) is 9.16. The molecule has 1 aliphatic carbocycles. The van der Waals surface area contributed by atoms with Gasteiger partial charge in [0.1, 0.15) is 4.75 Å². The van der Waals surface area contributed by atoms with Crippen LogP contribution in [0.25, 0.3) is 0 Å². The SMILES string of the molecule is CN1CCN(S(=O)(=O)C2(CO)CC2)CC1. The highest BCUT2D eigenvalue weighted by Gasteiger charge is 2.56. The summed E-state index contributed by atoms with van der Waals surface area (Å²) in [5.41, 5.74) is 0. The number of sulfonamides is 1. The maximum atomic E-state index is 12.2. The number of piperazine rings is 1. The quantitative estimate of drug-likeness (QED) is 0.687. The highest BCUT2D eigenvalue weighted by Crippen LogP contribution is 2.44. The minimum Gasteiger partial charge on any atom is -0.395 e. The molecule has 0 aromatic rings. The van der Waals surface area contributed by atoms with Gasteiger partial charge in [0.25, 0.3) is 0 Å². The Morgan fingerprint density at radius 1 is 1.20 bits per heavy atom. The molecule has 2 rings (SSSR count). The molecular weight excluding hydrogens is 216 g/mol. The second-order valence-electron chi connectivity index (χ2n) is 4.55. The first-order valence-corrected chi connectivity index (χ1v) is 6.75. The van der Waals surface area contributed by atoms with E-state index in [-0.39, 0.29) is 6.61 Å². The molecule has 1 N–H and O–H groups in total. The monoisotopic (exact) mass is 234 g/mol. The lowest BCUT2D eigenvalue weighted by molar-refractivity contribution is 0.215. The average Bonchev–Trinajstić information content (AvgIpc) is 2.99. The van der Waals surface area contributed by atoms with Gasteiger partial charge in [0.15, 0.2) is 0 Å². The molecule has 1 saturated heterocycles. The van der Waals surface area contributed by atoms with Gasteiger partial charge >= 0.3 is 0 Å². The normalized spacial score (nSPS) is 27.9. The number of likely N-dealkylation sites (N-methyl/N-ethyl adjacent to an activating group) is 1. The van der Waals surface area contributed by atoms with Gasteiger partial charge in [0.05, 0.1) is 6.61 Å². The summed E-state index contributed by atoms with van der Waals surface area (Å²) in [6.45, 7) is 2.43. The molecule has 0 unspecified atom stereocenters. The fraction of sp³-hybridized carbons (Fsp3) is 1.00. The van der Waals surface area contributed by atoms with Crippen LogP contribution in [0.3, 0.4) is 0 Å². The Morgan fingerprint density at radius 3 is 2.13 bits per heavy atom. The van der Waals surface area contributed by atoms with Gasteiger partial charge in [-0.15, -0.1) is 0 Å². The molecule has 0 aromatic heterocycles. The first kappa shape index (κ1) is 11.3. The van der Waals surface area contributed by atoms with Gasteiger partial charge in [-0.05, 0) is 19.9 Å². The van der Waals surface area contributed by atoms with Crippen molar-refractivity contribution in [1.29, 1.82) is 0 Å². The highest BCUT2D eigenvalue weighted by atomic mass is 32.2. The van der Waals surface area contributed by atoms with Crippen molar-refractivity contribution in [3.05, 3.63) is 0 Å². The summed E-state index contributed by atoms with van der Waals surface area (Å²) in [5.74, 6) is 0. The maximum absolute atomic E-state index is 12.2. The van der Waals surface area contributed by atoms with Crippen molar-refractivity contribution < 1.29 is 13.5 Å². The molecule has 0 radical (unpaired) electrons. The molecule has 1 saturated carbocycles. The van der Waals surface area contributed by atoms with E-state index in [0.29, 0.717) is 25.9 Å². The lowest BCUT2D eigenvalue weighted by Crippen LogP contribution is -2.51. The predicted molar refractivity (Wildman–Crippen MR) is 57.0 cm³/mol. The van der Waals surface area contributed by atoms with Gasteiger partial charge in [0, 0.05) is 26.2 Å². The summed E-state index contributed by atoms with van der Waals surface area (Å²) >= 11 is 0. The number of nitrogens with zero attached hydrogens (tertiary/aromatic N) is 2. The average molecular weight is 234 g/mol. The number of hydrogen-bond donors (Lipinski definition) is 1. The molecular formula is C9H18N2O3S. The van der Waals surface area contributed by atoms with Gasteiger partial charge in [-0.25, -0.2) is 8.42 Å². The molecule has 0 amide bonds. The fourth-order valence-electron chi connectivity index (χ4n) is 1.94. The summed E-state index contributed by atoms with van der Waals surface area (Å²) in [7, 11) is -1.28. The molecule has 0 spiro atoms. The van der Waals surface area contributed by atoms with Gasteiger partial charge in [-0.3, -0.25) is 0 Å². The van der Waals surface area contributed by atoms with Gasteiger partial charge in [-0.1, -0.05) is 0 Å². The third-order valence-corrected chi connectivity index (χ3v) is 6.12. The Hall–Kier alpha value is -0.170. The molecule has 0 aromatic carbocycles. The van der Waals surface area contributed by atoms with E-state index in [9.17, 15) is 8.42 Å². The third-order valence-electron chi connectivity index (χ3n) is 3.45. The van der Waals surface area contributed by atoms with E-state index >= 15 is 0 Å². The van der Waals surface area contributed by atoms with Crippen LogP contribution < -0.4 is 0 Å². The Kier molecular flexibility index (Phi) is 2.79. The van der Waals surface area contributed by atoms with E-state index < -0.39 is 14.8 Å². The lowest BCUT2D eigenvalue weighted by atomic mass is 10.4. The van der Waals surface area contributed by atoms with Crippen LogP contribution >= 0.6 is 0 Å². The molecule has 0 bridgehead atoms. The first-order valence-electron chi connectivity index (χ1n) is 5.31. The van der Waals surface area contributed by atoms with E-state index in [0.717, 1.165) is 13.1 Å². The Bertz CT molecular complexity index is 329. The van der Waals surface area contributed by atoms with Crippen molar-refractivity contribution in [2.45, 2.75) is 17.6 Å². The number of aliphatic hydroxyl groups excluding tert-OH is 1. The molecule has 1 heterocycles. The maximum Gasteiger partial charge on any atom is 0.222 e. The van der Waals surface area contributed by atoms with Crippen LogP contribution in [-0.2, 0) is 10.0 Å². The first-order chi connectivity index (χ1) is 7.02. The fourth-order valence-corrected chi connectivity index (χ4v) is 3.91. The zero-order chi connectivity index (χ0) is 11.1. The van der Waals surface area contributed by atoms with E-state index in [1.807, 2.05) is 7.05 Å². The van der Waals surface area contributed by atoms with Crippen LogP contribution in [0.15, 0.2) is 0 Å². The van der Waals surface area contributed by atoms with Crippen molar-refractivity contribution in [2.75, 3.05) is 39.8 Å². The molecule has 1 aliphatic heterocycles. The molecule has 5 nitrogen and oxygen atoms in total. The second-order valence-corrected chi connectivity index (χ2v) is 6.88. The summed E-state index contributed by atoms with van der Waals surface area (Å²) in [6.07, 6.45) is 1.22. The van der Waals surface area contributed by atoms with Crippen LogP contribution in [-0.4, -0.2) is 67.3 Å². The number of aliphatic hydroxyl groups is 1. The smallest absolute Gasteiger partial charge is 0.222 e. The lowest BCUT2D eigenvalue weighted by Gasteiger charge is -2.33. The van der Waals surface area contributed by atoms with Crippen LogP contribution in [0.1, 0.15) is 12.8 Å². The topological polar surface area (TPSA) is 60.9 Å². The van der Waals surface area contributed by atoms with Gasteiger partial charge < -0.3 is 10.0 Å². The van der Waals surface area contributed by atoms with Crippen molar-refractivity contribution >= 4 is 10.0 Å². The predicted octanol–water partition coefficient (Wildman–Crippen LogP) is -0.911. The number of rotatable bonds is 3. The Morgan fingerprint density at radius 2 is 1.73 bits per heavy atom. The minimum atomic E-state index is -3.27. The van der Waals surface area contributed by atoms with E-state index in [1.165, 1.54) is 4.31 Å². The van der Waals surface area contributed by atoms with E-state index in [4.69, 9.17) is 5.11 Å². The summed E-state index contributed by atoms with van der Waals surface area (Å²) in [6, 6.07) is 0. The Balaban J connectivity index is 2.10. The molecule has 6 heteroatoms. The zero-order valence-corrected chi connectivity index (χ0v) is 9.83. The van der Waals surface area contributed by atoms with Gasteiger partial charge in [0.2, 0.25) is 10.0 Å². The largest absolute Gasteiger partial charge is 0.395 e. The molecule has 88 valence electrons. The van der Waals surface area contributed by atoms with Crippen LogP contribution in [0, 0.1) is 0 Å². The van der Waals surface area contributed by atoms with Crippen LogP contribution in [0.5, 0.6) is 0 Å². The van der Waals surface area contributed by atoms with Crippen molar-refractivity contribution in [3.8, 4) is 0 Å². The van der Waals surface area contributed by atoms with Crippen molar-refractivity contribution in [3.63, 3.8) is 0 Å². The highest BCUT2D eigenvalue weighted by molar-refractivity contribution is 7.90. The standard InChI is InChI=1S/C9H18N2O3S/c1-10-4-6-11(7-5-10)15(13,14)9(8-12)2-3-9/h12H,2-8H2,1H3. The zero-order valence-electron chi connectivity index (χ0n) is 9.02. The molecule has 2 aliphatic rings. The molecule has 0 atom stereocenters. The third kappa shape index (κ3) is 1.80. The molecule has 15 heavy (non-hydrogen) atoms. The summed E-state index contributed by atoms with van der Waals surface area (Å²) < 4.78 is 25.0. The number of hydrogen-bond acceptors (Lipinski definition) is 4. The molecule has 2 fully saturated rings. The van der Waals surface area contributed by atoms with E-state index in [1.54, 1.807) is 0 Å². The van der Waals surface area contributed by atoms with Crippen molar-refractivity contribution in [1.82, 2.24) is 9.21 Å².